The van der Waals surface area contributed by atoms with Gasteiger partial charge in [-0.2, -0.15) is 11.8 Å². The van der Waals surface area contributed by atoms with Crippen molar-refractivity contribution in [2.45, 2.75) is 6.42 Å². The van der Waals surface area contributed by atoms with Crippen molar-refractivity contribution < 1.29 is 4.79 Å². The molecule has 40 valence electrons. The molecule has 0 radical (unpaired) electrons. The summed E-state index contributed by atoms with van der Waals surface area (Å²) in [6.07, 6.45) is 2.17. The van der Waals surface area contributed by atoms with Crippen LogP contribution in [-0.2, 0) is 4.79 Å². The van der Waals surface area contributed by atoms with E-state index >= 15 is 0 Å². The monoisotopic (exact) mass is 116 g/mol. The second kappa shape index (κ2) is 2.36. The number of hydrogen-bond donors (Lipinski definition) is 0. The topological polar surface area (TPSA) is 17.1 Å². The van der Waals surface area contributed by atoms with Gasteiger partial charge in [-0.05, 0) is 12.2 Å². The lowest BCUT2D eigenvalue weighted by Crippen LogP contribution is -1.96. The van der Waals surface area contributed by atoms with E-state index in [1.165, 1.54) is 5.75 Å². The predicted octanol–water partition coefficient (Wildman–Crippen LogP) is 0.938. The summed E-state index contributed by atoms with van der Waals surface area (Å²) in [6.45, 7) is 0. The summed E-state index contributed by atoms with van der Waals surface area (Å²) < 4.78 is 0. The Balaban J connectivity index is 2.26. The Hall–Kier alpha value is 0.0200. The quantitative estimate of drug-likeness (QED) is 0.474. The van der Waals surface area contributed by atoms with E-state index in [0.29, 0.717) is 5.92 Å². The Labute approximate surface area is 47.5 Å². The lowest BCUT2D eigenvalue weighted by atomic mass is 10.2. The maximum Gasteiger partial charge on any atom is 0.123 e. The van der Waals surface area contributed by atoms with Gasteiger partial charge < -0.3 is 4.79 Å². The third kappa shape index (κ3) is 1.20. The second-order valence-electron chi connectivity index (χ2n) is 1.76. The molecule has 2 heteroatoms. The summed E-state index contributed by atoms with van der Waals surface area (Å²) in [5.74, 6) is 2.62. The van der Waals surface area contributed by atoms with Crippen LogP contribution in [0.5, 0.6) is 0 Å². The Morgan fingerprint density at radius 2 is 2.57 bits per heavy atom. The van der Waals surface area contributed by atoms with E-state index in [-0.39, 0.29) is 0 Å². The van der Waals surface area contributed by atoms with Gasteiger partial charge in [-0.15, -0.1) is 0 Å². The minimum absolute atomic E-state index is 0.380. The molecule has 0 amide bonds. The molecular formula is C5H8OS. The van der Waals surface area contributed by atoms with Gasteiger partial charge in [0.2, 0.25) is 0 Å². The highest BCUT2D eigenvalue weighted by Gasteiger charge is 2.12. The molecule has 1 saturated heterocycles. The first kappa shape index (κ1) is 5.16. The smallest absolute Gasteiger partial charge is 0.123 e. The molecule has 1 aliphatic heterocycles. The highest BCUT2D eigenvalue weighted by Crippen LogP contribution is 2.20. The lowest BCUT2D eigenvalue weighted by molar-refractivity contribution is -0.110. The number of rotatable bonds is 1. The molecule has 1 fully saturated rings. The summed E-state index contributed by atoms with van der Waals surface area (Å²) >= 11 is 1.88. The molecule has 0 aromatic heterocycles. The van der Waals surface area contributed by atoms with Crippen LogP contribution in [0.1, 0.15) is 6.42 Å². The van der Waals surface area contributed by atoms with Crippen molar-refractivity contribution >= 4 is 18.0 Å². The van der Waals surface area contributed by atoms with Gasteiger partial charge in [0, 0.05) is 11.7 Å². The maximum absolute atomic E-state index is 9.99. The van der Waals surface area contributed by atoms with E-state index in [0.717, 1.165) is 18.5 Å². The van der Waals surface area contributed by atoms with E-state index in [2.05, 4.69) is 0 Å². The number of aldehydes is 1. The summed E-state index contributed by atoms with van der Waals surface area (Å²) in [5, 5.41) is 0. The zero-order valence-corrected chi connectivity index (χ0v) is 4.91. The van der Waals surface area contributed by atoms with Crippen molar-refractivity contribution in [1.29, 1.82) is 0 Å². The summed E-state index contributed by atoms with van der Waals surface area (Å²) in [6, 6.07) is 0. The average Bonchev–Trinajstić information content (AvgIpc) is 2.14. The van der Waals surface area contributed by atoms with Crippen molar-refractivity contribution in [3.63, 3.8) is 0 Å². The van der Waals surface area contributed by atoms with Crippen LogP contribution in [0.25, 0.3) is 0 Å². The molecule has 0 aliphatic carbocycles. The molecule has 7 heavy (non-hydrogen) atoms. The van der Waals surface area contributed by atoms with Crippen LogP contribution in [0.2, 0.25) is 0 Å². The van der Waals surface area contributed by atoms with Gasteiger partial charge >= 0.3 is 0 Å². The molecule has 1 rings (SSSR count). The summed E-state index contributed by atoms with van der Waals surface area (Å²) in [7, 11) is 0. The first-order chi connectivity index (χ1) is 3.43. The largest absolute Gasteiger partial charge is 0.303 e. The van der Waals surface area contributed by atoms with E-state index in [4.69, 9.17) is 0 Å². The molecule has 1 atom stereocenters. The molecule has 1 aliphatic rings. The minimum atomic E-state index is 0.380. The Morgan fingerprint density at radius 3 is 2.86 bits per heavy atom. The van der Waals surface area contributed by atoms with Gasteiger partial charge in [-0.25, -0.2) is 0 Å². The van der Waals surface area contributed by atoms with E-state index in [1.807, 2.05) is 11.8 Å². The van der Waals surface area contributed by atoms with Crippen molar-refractivity contribution in [3.05, 3.63) is 0 Å². The average molecular weight is 116 g/mol. The van der Waals surface area contributed by atoms with Gasteiger partial charge in [0.25, 0.3) is 0 Å². The van der Waals surface area contributed by atoms with Gasteiger partial charge in [-0.1, -0.05) is 0 Å². The zero-order chi connectivity index (χ0) is 5.11. The molecule has 0 unspecified atom stereocenters. The Kier molecular flexibility index (Phi) is 1.74. The van der Waals surface area contributed by atoms with Gasteiger partial charge in [0.15, 0.2) is 0 Å². The van der Waals surface area contributed by atoms with Gasteiger partial charge in [0.05, 0.1) is 0 Å². The number of thioether (sulfide) groups is 1. The van der Waals surface area contributed by atoms with Crippen LogP contribution in [0.4, 0.5) is 0 Å². The molecule has 1 heterocycles. The van der Waals surface area contributed by atoms with Crippen molar-refractivity contribution in [3.8, 4) is 0 Å². The maximum atomic E-state index is 9.99. The van der Waals surface area contributed by atoms with Gasteiger partial charge in [0.1, 0.15) is 6.29 Å². The third-order valence-corrected chi connectivity index (χ3v) is 2.35. The van der Waals surface area contributed by atoms with E-state index < -0.39 is 0 Å². The standard InChI is InChI=1S/C5H8OS/c6-3-5-1-2-7-4-5/h3,5H,1-2,4H2/t5-/m0/s1. The Morgan fingerprint density at radius 1 is 1.71 bits per heavy atom. The highest BCUT2D eigenvalue weighted by atomic mass is 32.2. The van der Waals surface area contributed by atoms with Crippen molar-refractivity contribution in [2.24, 2.45) is 5.92 Å². The SMILES string of the molecule is O=C[C@@H]1CCSC1. The number of carbonyl (C=O) groups excluding carboxylic acids is 1. The van der Waals surface area contributed by atoms with Crippen LogP contribution >= 0.6 is 11.8 Å². The molecule has 0 saturated carbocycles. The first-order valence-electron chi connectivity index (χ1n) is 2.46. The van der Waals surface area contributed by atoms with Crippen molar-refractivity contribution in [2.75, 3.05) is 11.5 Å². The number of carbonyl (C=O) groups is 1. The molecule has 0 bridgehead atoms. The molecule has 0 spiro atoms. The van der Waals surface area contributed by atoms with Crippen molar-refractivity contribution in [1.82, 2.24) is 0 Å². The highest BCUT2D eigenvalue weighted by molar-refractivity contribution is 7.99. The van der Waals surface area contributed by atoms with Crippen LogP contribution in [0.3, 0.4) is 0 Å². The molecular weight excluding hydrogens is 108 g/mol. The van der Waals surface area contributed by atoms with Crippen LogP contribution < -0.4 is 0 Å². The van der Waals surface area contributed by atoms with Crippen LogP contribution in [-0.4, -0.2) is 17.8 Å². The van der Waals surface area contributed by atoms with Crippen LogP contribution in [0, 0.1) is 5.92 Å². The van der Waals surface area contributed by atoms with E-state index in [9.17, 15) is 4.79 Å². The number of hydrogen-bond acceptors (Lipinski definition) is 2. The fourth-order valence-electron chi connectivity index (χ4n) is 0.660. The molecule has 0 N–H and O–H groups in total. The fraction of sp³-hybridized carbons (Fsp3) is 0.800. The lowest BCUT2D eigenvalue weighted by Gasteiger charge is -1.89. The predicted molar refractivity (Wildman–Crippen MR) is 31.5 cm³/mol. The molecule has 0 aromatic rings. The third-order valence-electron chi connectivity index (χ3n) is 1.16. The first-order valence-corrected chi connectivity index (χ1v) is 3.62. The zero-order valence-electron chi connectivity index (χ0n) is 4.09. The normalized spacial score (nSPS) is 30.6. The second-order valence-corrected chi connectivity index (χ2v) is 2.91. The Bertz CT molecular complexity index is 66.5. The van der Waals surface area contributed by atoms with Gasteiger partial charge in [-0.3, -0.25) is 0 Å². The minimum Gasteiger partial charge on any atom is -0.303 e. The summed E-state index contributed by atoms with van der Waals surface area (Å²) in [5.41, 5.74) is 0. The van der Waals surface area contributed by atoms with E-state index in [1.54, 1.807) is 0 Å². The summed E-state index contributed by atoms with van der Waals surface area (Å²) in [4.78, 5) is 9.99. The molecule has 0 aromatic carbocycles. The molecule has 1 nitrogen and oxygen atoms in total. The van der Waals surface area contributed by atoms with Crippen LogP contribution in [0.15, 0.2) is 0 Å². The fourth-order valence-corrected chi connectivity index (χ4v) is 1.84.